The molecular formula is C30H37ClF2N4O5SSi. The number of carboxylic acid groups (broad SMARTS) is 1. The van der Waals surface area contributed by atoms with Crippen LogP contribution >= 0.6 is 23.4 Å². The number of halogens is 3. The van der Waals surface area contributed by atoms with Crippen molar-refractivity contribution in [1.29, 1.82) is 0 Å². The van der Waals surface area contributed by atoms with Crippen molar-refractivity contribution in [2.24, 2.45) is 10.9 Å². The molecule has 0 bridgehead atoms. The van der Waals surface area contributed by atoms with E-state index >= 15 is 8.78 Å². The van der Waals surface area contributed by atoms with Gasteiger partial charge in [-0.1, -0.05) is 43.0 Å². The number of carbonyl (C=O) groups excluding carboxylic acids is 1. The fourth-order valence-electron chi connectivity index (χ4n) is 4.79. The normalized spacial score (nSPS) is 23.5. The van der Waals surface area contributed by atoms with Crippen molar-refractivity contribution < 1.29 is 33.0 Å². The van der Waals surface area contributed by atoms with E-state index in [0.29, 0.717) is 11.6 Å². The number of aliphatic imine (C=N–C) groups is 1. The molecule has 44 heavy (non-hydrogen) atoms. The van der Waals surface area contributed by atoms with Gasteiger partial charge < -0.3 is 14.6 Å². The maximum absolute atomic E-state index is 15.5. The number of carboxylic acids is 1. The first-order valence-corrected chi connectivity index (χ1v) is 19.0. The predicted octanol–water partition coefficient (Wildman–Crippen LogP) is 7.45. The van der Waals surface area contributed by atoms with E-state index in [-0.39, 0.29) is 35.1 Å². The van der Waals surface area contributed by atoms with Gasteiger partial charge >= 0.3 is 12.1 Å². The summed E-state index contributed by atoms with van der Waals surface area (Å²) < 4.78 is 40.7. The van der Waals surface area contributed by atoms with Crippen LogP contribution in [-0.2, 0) is 19.8 Å². The zero-order valence-electron chi connectivity index (χ0n) is 25.8. The Morgan fingerprint density at radius 2 is 1.95 bits per heavy atom. The maximum Gasteiger partial charge on any atom is 0.418 e. The highest BCUT2D eigenvalue weighted by Crippen LogP contribution is 2.66. The summed E-state index contributed by atoms with van der Waals surface area (Å²) in [4.78, 5) is 39.8. The van der Waals surface area contributed by atoms with Crippen LogP contribution in [-0.4, -0.2) is 69.0 Å². The van der Waals surface area contributed by atoms with Crippen LogP contribution in [0.2, 0.25) is 30.7 Å². The lowest BCUT2D eigenvalue weighted by molar-refractivity contribution is -0.137. The Morgan fingerprint density at radius 1 is 1.25 bits per heavy atom. The third-order valence-corrected chi connectivity index (χ3v) is 10.7. The van der Waals surface area contributed by atoms with Crippen LogP contribution in [0.3, 0.4) is 0 Å². The van der Waals surface area contributed by atoms with Crippen molar-refractivity contribution in [3.8, 4) is 0 Å². The first-order chi connectivity index (χ1) is 20.3. The molecule has 238 valence electrons. The number of hydrogen-bond donors (Lipinski definition) is 1. The number of amidine groups is 1. The van der Waals surface area contributed by atoms with E-state index in [1.807, 2.05) is 0 Å². The molecule has 1 fully saturated rings. The average Bonchev–Trinajstić information content (AvgIpc) is 3.66. The Morgan fingerprint density at radius 3 is 2.55 bits per heavy atom. The second kappa shape index (κ2) is 12.5. The highest BCUT2D eigenvalue weighted by atomic mass is 35.5. The van der Waals surface area contributed by atoms with Crippen LogP contribution in [0.15, 0.2) is 35.6 Å². The van der Waals surface area contributed by atoms with Gasteiger partial charge in [-0.25, -0.2) is 19.1 Å². The minimum atomic E-state index is -1.46. The molecule has 3 atom stereocenters. The number of nitrogens with zero attached hydrogens (tertiary/aromatic N) is 4. The Kier molecular flexibility index (Phi) is 9.66. The van der Waals surface area contributed by atoms with Crippen LogP contribution in [0, 0.1) is 11.9 Å². The molecule has 1 N–H and O–H groups in total. The van der Waals surface area contributed by atoms with E-state index in [2.05, 4.69) is 29.6 Å². The van der Waals surface area contributed by atoms with E-state index in [1.165, 1.54) is 29.3 Å². The Bertz CT molecular complexity index is 1500. The fourth-order valence-corrected chi connectivity index (χ4v) is 7.16. The van der Waals surface area contributed by atoms with E-state index in [4.69, 9.17) is 26.1 Å². The van der Waals surface area contributed by atoms with Gasteiger partial charge in [-0.05, 0) is 70.0 Å². The van der Waals surface area contributed by atoms with Crippen molar-refractivity contribution in [2.75, 3.05) is 13.3 Å². The minimum Gasteiger partial charge on any atom is -0.480 e. The highest BCUT2D eigenvalue weighted by molar-refractivity contribution is 8.15. The van der Waals surface area contributed by atoms with Crippen molar-refractivity contribution in [1.82, 2.24) is 14.9 Å². The smallest absolute Gasteiger partial charge is 0.418 e. The number of hydrogen-bond acceptors (Lipinski definition) is 8. The summed E-state index contributed by atoms with van der Waals surface area (Å²) in [6.45, 7) is 13.5. The Balaban J connectivity index is 1.76. The van der Waals surface area contributed by atoms with E-state index < -0.39 is 53.7 Å². The number of fused-ring (bicyclic) bond motifs is 1. The predicted molar refractivity (Wildman–Crippen MR) is 170 cm³/mol. The fraction of sp³-hybridized carbons (Fsp3) is 0.500. The number of amides is 1. The molecule has 0 aromatic carbocycles. The number of ether oxygens (including phenoxy) is 2. The third-order valence-electron chi connectivity index (χ3n) is 7.28. The van der Waals surface area contributed by atoms with Gasteiger partial charge in [0.2, 0.25) is 5.95 Å². The number of aromatic nitrogens is 2. The molecule has 1 aliphatic heterocycles. The molecule has 3 heterocycles. The van der Waals surface area contributed by atoms with Crippen LogP contribution in [0.4, 0.5) is 13.6 Å². The van der Waals surface area contributed by atoms with Crippen molar-refractivity contribution >= 4 is 60.6 Å². The lowest BCUT2D eigenvalue weighted by atomic mass is 9.86. The average molecular weight is 667 g/mol. The minimum absolute atomic E-state index is 0.0232. The SMILES string of the molecule is CC(C)(C)OC(=O)N(COCC[Si](C)(C)C)C1=NC(C)(c2cc(C=C(F)c3ccc(Cl)cn3)cnc2F)C2CC2(C(=O)O)S1. The molecule has 1 amide bonds. The van der Waals surface area contributed by atoms with Gasteiger partial charge in [-0.15, -0.1) is 0 Å². The first kappa shape index (κ1) is 34.0. The van der Waals surface area contributed by atoms with Crippen molar-refractivity contribution in [3.05, 3.63) is 58.4 Å². The largest absolute Gasteiger partial charge is 0.480 e. The molecule has 14 heteroatoms. The molecule has 1 aliphatic carbocycles. The summed E-state index contributed by atoms with van der Waals surface area (Å²) in [5, 5.41) is 10.7. The lowest BCUT2D eigenvalue weighted by Crippen LogP contribution is -2.47. The molecule has 1 saturated carbocycles. The van der Waals surface area contributed by atoms with E-state index in [9.17, 15) is 14.7 Å². The zero-order valence-corrected chi connectivity index (χ0v) is 28.4. The molecular weight excluding hydrogens is 630 g/mol. The molecule has 4 rings (SSSR count). The summed E-state index contributed by atoms with van der Waals surface area (Å²) in [6.07, 6.45) is 3.01. The molecule has 2 aliphatic rings. The number of rotatable bonds is 9. The van der Waals surface area contributed by atoms with Gasteiger partial charge in [0.05, 0.1) is 16.3 Å². The monoisotopic (exact) mass is 666 g/mol. The second-order valence-electron chi connectivity index (χ2n) is 13.3. The zero-order chi connectivity index (χ0) is 32.7. The summed E-state index contributed by atoms with van der Waals surface area (Å²) in [5.41, 5.74) is -2.11. The van der Waals surface area contributed by atoms with Crippen LogP contribution in [0.5, 0.6) is 0 Å². The number of pyridine rings is 2. The van der Waals surface area contributed by atoms with Crippen LogP contribution in [0.25, 0.3) is 11.9 Å². The molecule has 2 aromatic heterocycles. The van der Waals surface area contributed by atoms with Gasteiger partial charge in [-0.3, -0.25) is 14.8 Å². The maximum atomic E-state index is 15.5. The van der Waals surface area contributed by atoms with E-state index in [1.54, 1.807) is 27.7 Å². The third kappa shape index (κ3) is 7.67. The highest BCUT2D eigenvalue weighted by Gasteiger charge is 2.72. The van der Waals surface area contributed by atoms with Crippen LogP contribution in [0.1, 0.15) is 50.9 Å². The van der Waals surface area contributed by atoms with E-state index in [0.717, 1.165) is 30.1 Å². The molecule has 2 aromatic rings. The van der Waals surface area contributed by atoms with Gasteiger partial charge in [0.15, 0.2) is 5.17 Å². The van der Waals surface area contributed by atoms with Gasteiger partial charge in [0.25, 0.3) is 0 Å². The molecule has 3 unspecified atom stereocenters. The van der Waals surface area contributed by atoms with Crippen LogP contribution < -0.4 is 0 Å². The lowest BCUT2D eigenvalue weighted by Gasteiger charge is -2.37. The standard InChI is InChI=1S/C30H37ClF2N4O5SSi/c1-28(2,3)42-27(40)37(17-41-10-11-44(5,6)7)26-36-29(4,23-14-30(23,43-26)25(38)39)20-12-18(15-35-24(20)33)13-21(32)22-9-8-19(31)16-34-22/h8-9,12-13,15-16,23H,10-11,14,17H2,1-7H3,(H,38,39). The molecule has 9 nitrogen and oxygen atoms in total. The second-order valence-corrected chi connectivity index (χ2v) is 20.7. The molecule has 0 radical (unpaired) electrons. The molecule has 0 spiro atoms. The summed E-state index contributed by atoms with van der Waals surface area (Å²) >= 11 is 6.78. The quantitative estimate of drug-likeness (QED) is 0.127. The summed E-state index contributed by atoms with van der Waals surface area (Å²) in [5.74, 6) is -3.33. The van der Waals surface area contributed by atoms with Gasteiger partial charge in [0, 0.05) is 38.6 Å². The number of aliphatic carboxylic acids is 1. The van der Waals surface area contributed by atoms with Crippen molar-refractivity contribution in [2.45, 2.75) is 75.7 Å². The number of thioether (sulfide) groups is 1. The van der Waals surface area contributed by atoms with Gasteiger partial charge in [0.1, 0.15) is 22.9 Å². The topological polar surface area (TPSA) is 114 Å². The Labute approximate surface area is 266 Å². The molecule has 0 saturated heterocycles. The Hall–Kier alpha value is -2.87. The summed E-state index contributed by atoms with van der Waals surface area (Å²) in [6, 6.07) is 5.13. The summed E-state index contributed by atoms with van der Waals surface area (Å²) in [7, 11) is -1.44. The first-order valence-electron chi connectivity index (χ1n) is 14.1. The number of carbonyl (C=O) groups is 2. The van der Waals surface area contributed by atoms with Gasteiger partial charge in [-0.2, -0.15) is 4.39 Å². The van der Waals surface area contributed by atoms with Crippen molar-refractivity contribution in [3.63, 3.8) is 0 Å².